The molecule has 176 valence electrons. The average molecular weight is 494 g/mol. The molecule has 1 aromatic carbocycles. The van der Waals surface area contributed by atoms with E-state index in [1.165, 1.54) is 24.9 Å². The second-order valence-corrected chi connectivity index (χ2v) is 11.1. The molecule has 0 aliphatic heterocycles. The number of alkyl halides is 3. The summed E-state index contributed by atoms with van der Waals surface area (Å²) in [7, 11) is -4.92. The van der Waals surface area contributed by atoms with Crippen molar-refractivity contribution >= 4 is 26.8 Å². The van der Waals surface area contributed by atoms with Crippen LogP contribution in [0.4, 0.5) is 13.2 Å². The largest absolute Gasteiger partial charge is 0.480 e. The molecule has 1 heterocycles. The van der Waals surface area contributed by atoms with Gasteiger partial charge in [-0.2, -0.15) is 22.6 Å². The number of rotatable bonds is 7. The molecule has 13 heteroatoms. The minimum absolute atomic E-state index is 0.0331. The van der Waals surface area contributed by atoms with E-state index in [-0.39, 0.29) is 17.2 Å². The average Bonchev–Trinajstić information content (AvgIpc) is 3.13. The maximum absolute atomic E-state index is 13.4. The SMILES string of the molecule is CC[S@@](=O)c1cc(C(F)(F)F)cc(S(=O)(=O)N(C)C2CCCc3c2cnn3CC(=O)O)c1. The summed E-state index contributed by atoms with van der Waals surface area (Å²) < 4.78 is 81.2. The van der Waals surface area contributed by atoms with Crippen LogP contribution >= 0.6 is 0 Å². The smallest absolute Gasteiger partial charge is 0.416 e. The summed E-state index contributed by atoms with van der Waals surface area (Å²) in [6.45, 7) is 1.15. The van der Waals surface area contributed by atoms with Crippen LogP contribution in [0.3, 0.4) is 0 Å². The van der Waals surface area contributed by atoms with Crippen molar-refractivity contribution in [3.05, 3.63) is 41.2 Å². The highest BCUT2D eigenvalue weighted by molar-refractivity contribution is 7.89. The lowest BCUT2D eigenvalue weighted by Gasteiger charge is -2.31. The minimum Gasteiger partial charge on any atom is -0.480 e. The summed E-state index contributed by atoms with van der Waals surface area (Å²) >= 11 is 0. The van der Waals surface area contributed by atoms with Gasteiger partial charge in [0.15, 0.2) is 0 Å². The molecule has 0 fully saturated rings. The molecule has 1 aliphatic carbocycles. The van der Waals surface area contributed by atoms with Crippen LogP contribution < -0.4 is 0 Å². The highest BCUT2D eigenvalue weighted by atomic mass is 32.2. The molecule has 1 N–H and O–H groups in total. The van der Waals surface area contributed by atoms with Gasteiger partial charge in [0.25, 0.3) is 0 Å². The van der Waals surface area contributed by atoms with Gasteiger partial charge < -0.3 is 5.11 Å². The number of fused-ring (bicyclic) bond motifs is 1. The van der Waals surface area contributed by atoms with E-state index in [0.29, 0.717) is 42.7 Å². The number of halogens is 3. The van der Waals surface area contributed by atoms with E-state index in [4.69, 9.17) is 5.11 Å². The third-order valence-electron chi connectivity index (χ3n) is 5.36. The Hall–Kier alpha value is -2.25. The Labute approximate surface area is 185 Å². The maximum Gasteiger partial charge on any atom is 0.416 e. The van der Waals surface area contributed by atoms with E-state index in [2.05, 4.69) is 5.10 Å². The number of carboxylic acid groups (broad SMARTS) is 1. The Morgan fingerprint density at radius 3 is 2.62 bits per heavy atom. The Morgan fingerprint density at radius 1 is 1.34 bits per heavy atom. The second-order valence-electron chi connectivity index (χ2n) is 7.35. The number of hydrogen-bond donors (Lipinski definition) is 1. The molecule has 2 atom stereocenters. The molecule has 1 aromatic heterocycles. The molecule has 32 heavy (non-hydrogen) atoms. The van der Waals surface area contributed by atoms with Crippen LogP contribution in [0.5, 0.6) is 0 Å². The highest BCUT2D eigenvalue weighted by Gasteiger charge is 2.37. The standard InChI is InChI=1S/C19H22F3N3O5S2/c1-3-31(28)13-7-12(19(20,21)22)8-14(9-13)32(29,30)24(2)16-5-4-6-17-15(16)10-23-25(17)11-18(26)27/h7-10,16H,3-6,11H2,1-2H3,(H,26,27)/t16?,31-/m1/s1. The van der Waals surface area contributed by atoms with Crippen molar-refractivity contribution in [1.82, 2.24) is 14.1 Å². The van der Waals surface area contributed by atoms with Gasteiger partial charge in [-0.05, 0) is 37.5 Å². The van der Waals surface area contributed by atoms with Gasteiger partial charge in [-0.1, -0.05) is 6.92 Å². The van der Waals surface area contributed by atoms with Crippen LogP contribution in [-0.2, 0) is 44.8 Å². The summed E-state index contributed by atoms with van der Waals surface area (Å²) in [5.41, 5.74) is -0.0854. The molecule has 0 saturated carbocycles. The number of aliphatic carboxylic acids is 1. The van der Waals surface area contributed by atoms with Crippen molar-refractivity contribution in [1.29, 1.82) is 0 Å². The number of sulfonamides is 1. The van der Waals surface area contributed by atoms with E-state index in [9.17, 15) is 30.6 Å². The molecular weight excluding hydrogens is 471 g/mol. The summed E-state index contributed by atoms with van der Waals surface area (Å²) in [4.78, 5) is 10.2. The van der Waals surface area contributed by atoms with Gasteiger partial charge in [0.1, 0.15) is 6.54 Å². The van der Waals surface area contributed by atoms with Crippen LogP contribution in [0, 0.1) is 0 Å². The van der Waals surface area contributed by atoms with Gasteiger partial charge in [0.2, 0.25) is 10.0 Å². The number of carboxylic acids is 1. The Bertz CT molecular complexity index is 1160. The van der Waals surface area contributed by atoms with Crippen molar-refractivity contribution in [2.75, 3.05) is 12.8 Å². The zero-order valence-electron chi connectivity index (χ0n) is 17.3. The molecule has 8 nitrogen and oxygen atoms in total. The fourth-order valence-electron chi connectivity index (χ4n) is 3.75. The van der Waals surface area contributed by atoms with Gasteiger partial charge in [0, 0.05) is 29.0 Å². The van der Waals surface area contributed by atoms with Crippen LogP contribution in [0.15, 0.2) is 34.2 Å². The lowest BCUT2D eigenvalue weighted by atomic mass is 9.93. The Balaban J connectivity index is 2.05. The number of aromatic nitrogens is 2. The van der Waals surface area contributed by atoms with Crippen molar-refractivity contribution in [2.45, 2.75) is 54.7 Å². The van der Waals surface area contributed by atoms with E-state index in [1.807, 2.05) is 0 Å². The van der Waals surface area contributed by atoms with Gasteiger partial charge >= 0.3 is 12.1 Å². The summed E-state index contributed by atoms with van der Waals surface area (Å²) in [5, 5.41) is 13.1. The zero-order chi connectivity index (χ0) is 23.8. The van der Waals surface area contributed by atoms with Crippen molar-refractivity contribution < 1.29 is 35.7 Å². The quantitative estimate of drug-likeness (QED) is 0.635. The lowest BCUT2D eigenvalue weighted by Crippen LogP contribution is -2.33. The second kappa shape index (κ2) is 8.94. The number of carbonyl (C=O) groups is 1. The Kier molecular flexibility index (Phi) is 6.82. The van der Waals surface area contributed by atoms with Gasteiger partial charge in [-0.3, -0.25) is 13.7 Å². The normalized spacial score (nSPS) is 17.9. The molecule has 1 unspecified atom stereocenters. The van der Waals surface area contributed by atoms with Crippen LogP contribution in [-0.4, -0.2) is 50.6 Å². The van der Waals surface area contributed by atoms with Crippen LogP contribution in [0.25, 0.3) is 0 Å². The van der Waals surface area contributed by atoms with Gasteiger partial charge in [0.05, 0.1) is 33.5 Å². The van der Waals surface area contributed by atoms with Crippen molar-refractivity contribution in [3.8, 4) is 0 Å². The monoisotopic (exact) mass is 493 g/mol. The fraction of sp³-hybridized carbons (Fsp3) is 0.474. The summed E-state index contributed by atoms with van der Waals surface area (Å²) in [5.74, 6) is -1.06. The first-order valence-corrected chi connectivity index (χ1v) is 12.5. The first kappa shape index (κ1) is 24.4. The molecular formula is C19H22F3N3O5S2. The third-order valence-corrected chi connectivity index (χ3v) is 8.49. The predicted molar refractivity (Wildman–Crippen MR) is 109 cm³/mol. The highest BCUT2D eigenvalue weighted by Crippen LogP contribution is 2.38. The van der Waals surface area contributed by atoms with E-state index < -0.39 is 49.5 Å². The van der Waals surface area contributed by atoms with Gasteiger partial charge in [-0.25, -0.2) is 8.42 Å². The number of benzene rings is 1. The summed E-state index contributed by atoms with van der Waals surface area (Å²) in [6.07, 6.45) is -1.95. The Morgan fingerprint density at radius 2 is 2.03 bits per heavy atom. The first-order chi connectivity index (χ1) is 14.9. The van der Waals surface area contributed by atoms with Crippen LogP contribution in [0.2, 0.25) is 0 Å². The molecule has 0 amide bonds. The molecule has 2 aromatic rings. The van der Waals surface area contributed by atoms with E-state index in [1.54, 1.807) is 0 Å². The first-order valence-electron chi connectivity index (χ1n) is 9.71. The maximum atomic E-state index is 13.4. The topological polar surface area (TPSA) is 110 Å². The molecule has 0 radical (unpaired) electrons. The van der Waals surface area contributed by atoms with Crippen LogP contribution in [0.1, 0.15) is 42.6 Å². The zero-order valence-corrected chi connectivity index (χ0v) is 18.9. The summed E-state index contributed by atoms with van der Waals surface area (Å²) in [6, 6.07) is 1.53. The van der Waals surface area contributed by atoms with Gasteiger partial charge in [-0.15, -0.1) is 0 Å². The van der Waals surface area contributed by atoms with E-state index in [0.717, 1.165) is 10.4 Å². The van der Waals surface area contributed by atoms with E-state index >= 15 is 0 Å². The lowest BCUT2D eigenvalue weighted by molar-refractivity contribution is -0.138. The molecule has 0 bridgehead atoms. The molecule has 3 rings (SSSR count). The predicted octanol–water partition coefficient (Wildman–Crippen LogP) is 2.81. The van der Waals surface area contributed by atoms with Crippen molar-refractivity contribution in [3.63, 3.8) is 0 Å². The minimum atomic E-state index is -4.81. The molecule has 0 saturated heterocycles. The van der Waals surface area contributed by atoms with Crippen molar-refractivity contribution in [2.24, 2.45) is 0 Å². The number of hydrogen-bond acceptors (Lipinski definition) is 5. The molecule has 1 aliphatic rings. The third kappa shape index (κ3) is 4.74. The number of nitrogens with zero attached hydrogens (tertiary/aromatic N) is 3. The fourth-order valence-corrected chi connectivity index (χ4v) is 6.12. The molecule has 0 spiro atoms.